The first kappa shape index (κ1) is 20.4. The van der Waals surface area contributed by atoms with Gasteiger partial charge in [0.2, 0.25) is 0 Å². The molecule has 0 unspecified atom stereocenters. The average Bonchev–Trinajstić information content (AvgIpc) is 3.21. The van der Waals surface area contributed by atoms with Gasteiger partial charge in [0.1, 0.15) is 5.69 Å². The zero-order valence-electron chi connectivity index (χ0n) is 15.0. The van der Waals surface area contributed by atoms with Crippen LogP contribution in [0.15, 0.2) is 48.8 Å². The van der Waals surface area contributed by atoms with Gasteiger partial charge in [-0.05, 0) is 42.5 Å². The van der Waals surface area contributed by atoms with E-state index >= 15 is 0 Å². The maximum Gasteiger partial charge on any atom is 0.276 e. The number of nitrogens with zero attached hydrogens (tertiary/aromatic N) is 1. The monoisotopic (exact) mass is 431 g/mol. The standard InChI is InChI=1S/C19H15Cl2N5O3/c1-22-18(28)15-16(24-9-23-15)19(29)26-12-5-3-11(4-6-12)25-17(27)10-2-7-13(20)14(21)8-10/h2-9H,1H3,(H,22,28)(H,23,24)(H,25,27)(H,26,29). The number of halogens is 2. The minimum absolute atomic E-state index is 0.0265. The highest BCUT2D eigenvalue weighted by Crippen LogP contribution is 2.23. The lowest BCUT2D eigenvalue weighted by molar-refractivity contribution is 0.0943. The van der Waals surface area contributed by atoms with Gasteiger partial charge >= 0.3 is 0 Å². The van der Waals surface area contributed by atoms with E-state index in [0.29, 0.717) is 22.0 Å². The number of aromatic nitrogens is 2. The van der Waals surface area contributed by atoms with E-state index in [-0.39, 0.29) is 22.3 Å². The van der Waals surface area contributed by atoms with Crippen molar-refractivity contribution in [2.24, 2.45) is 0 Å². The molecule has 0 spiro atoms. The molecule has 2 aromatic carbocycles. The number of carbonyl (C=O) groups excluding carboxylic acids is 3. The van der Waals surface area contributed by atoms with E-state index in [2.05, 4.69) is 25.9 Å². The zero-order chi connectivity index (χ0) is 21.0. The Kier molecular flexibility index (Phi) is 6.16. The molecule has 148 valence electrons. The smallest absolute Gasteiger partial charge is 0.276 e. The minimum Gasteiger partial charge on any atom is -0.354 e. The number of rotatable bonds is 5. The largest absolute Gasteiger partial charge is 0.354 e. The Morgan fingerprint density at radius 2 is 1.48 bits per heavy atom. The van der Waals surface area contributed by atoms with E-state index in [1.165, 1.54) is 19.4 Å². The Morgan fingerprint density at radius 1 is 0.862 bits per heavy atom. The van der Waals surface area contributed by atoms with Crippen molar-refractivity contribution < 1.29 is 14.4 Å². The van der Waals surface area contributed by atoms with Gasteiger partial charge in [-0.2, -0.15) is 0 Å². The Balaban J connectivity index is 1.66. The Morgan fingerprint density at radius 3 is 2.07 bits per heavy atom. The number of imidazole rings is 1. The van der Waals surface area contributed by atoms with Crippen LogP contribution in [0.4, 0.5) is 11.4 Å². The van der Waals surface area contributed by atoms with Gasteiger partial charge in [-0.15, -0.1) is 0 Å². The highest BCUT2D eigenvalue weighted by molar-refractivity contribution is 6.42. The molecule has 8 nitrogen and oxygen atoms in total. The topological polar surface area (TPSA) is 116 Å². The summed E-state index contributed by atoms with van der Waals surface area (Å²) in [6.07, 6.45) is 1.27. The highest BCUT2D eigenvalue weighted by atomic mass is 35.5. The lowest BCUT2D eigenvalue weighted by atomic mass is 10.2. The molecule has 0 bridgehead atoms. The zero-order valence-corrected chi connectivity index (χ0v) is 16.6. The Hall–Kier alpha value is -3.36. The highest BCUT2D eigenvalue weighted by Gasteiger charge is 2.19. The van der Waals surface area contributed by atoms with Crippen molar-refractivity contribution in [1.82, 2.24) is 15.3 Å². The van der Waals surface area contributed by atoms with Crippen LogP contribution in [0.5, 0.6) is 0 Å². The molecule has 0 radical (unpaired) electrons. The van der Waals surface area contributed by atoms with Crippen molar-refractivity contribution in [1.29, 1.82) is 0 Å². The first-order valence-electron chi connectivity index (χ1n) is 8.32. The molecule has 0 atom stereocenters. The molecular formula is C19H15Cl2N5O3. The molecule has 0 aliphatic carbocycles. The fourth-order valence-electron chi connectivity index (χ4n) is 2.43. The van der Waals surface area contributed by atoms with Gasteiger partial charge in [-0.1, -0.05) is 23.2 Å². The third-order valence-electron chi connectivity index (χ3n) is 3.89. The maximum atomic E-state index is 12.4. The van der Waals surface area contributed by atoms with Crippen molar-refractivity contribution in [2.75, 3.05) is 17.7 Å². The van der Waals surface area contributed by atoms with Gasteiger partial charge in [-0.25, -0.2) is 4.98 Å². The lowest BCUT2D eigenvalue weighted by Gasteiger charge is -2.08. The number of benzene rings is 2. The van der Waals surface area contributed by atoms with E-state index in [4.69, 9.17) is 23.2 Å². The Labute approximate surface area is 175 Å². The summed E-state index contributed by atoms with van der Waals surface area (Å²) < 4.78 is 0. The quantitative estimate of drug-likeness (QED) is 0.493. The van der Waals surface area contributed by atoms with Crippen molar-refractivity contribution in [3.8, 4) is 0 Å². The van der Waals surface area contributed by atoms with Gasteiger partial charge in [0.15, 0.2) is 5.69 Å². The fraction of sp³-hybridized carbons (Fsp3) is 0.0526. The van der Waals surface area contributed by atoms with E-state index in [0.717, 1.165) is 0 Å². The number of hydrogen-bond donors (Lipinski definition) is 4. The molecule has 29 heavy (non-hydrogen) atoms. The van der Waals surface area contributed by atoms with Crippen LogP contribution in [0.1, 0.15) is 31.3 Å². The second-order valence-electron chi connectivity index (χ2n) is 5.82. The summed E-state index contributed by atoms with van der Waals surface area (Å²) in [6, 6.07) is 11.0. The maximum absolute atomic E-state index is 12.4. The number of carbonyl (C=O) groups is 3. The molecule has 0 saturated heterocycles. The molecule has 0 fully saturated rings. The van der Waals surface area contributed by atoms with Gasteiger partial charge in [0.25, 0.3) is 17.7 Å². The van der Waals surface area contributed by atoms with Gasteiger partial charge in [-0.3, -0.25) is 14.4 Å². The first-order chi connectivity index (χ1) is 13.9. The van der Waals surface area contributed by atoms with Gasteiger partial charge < -0.3 is 20.9 Å². The number of hydrogen-bond acceptors (Lipinski definition) is 4. The molecule has 3 aromatic rings. The van der Waals surface area contributed by atoms with Gasteiger partial charge in [0, 0.05) is 24.0 Å². The molecule has 0 aliphatic rings. The molecule has 1 heterocycles. The van der Waals surface area contributed by atoms with Crippen LogP contribution in [-0.4, -0.2) is 34.7 Å². The van der Waals surface area contributed by atoms with Crippen LogP contribution < -0.4 is 16.0 Å². The van der Waals surface area contributed by atoms with Crippen molar-refractivity contribution in [2.45, 2.75) is 0 Å². The number of H-pyrrole nitrogens is 1. The summed E-state index contributed by atoms with van der Waals surface area (Å²) in [6.45, 7) is 0. The second-order valence-corrected chi connectivity index (χ2v) is 6.63. The van der Waals surface area contributed by atoms with Crippen LogP contribution in [0.25, 0.3) is 0 Å². The van der Waals surface area contributed by atoms with Crippen LogP contribution in [-0.2, 0) is 0 Å². The first-order valence-corrected chi connectivity index (χ1v) is 9.08. The van der Waals surface area contributed by atoms with Crippen LogP contribution in [0.2, 0.25) is 10.0 Å². The fourth-order valence-corrected chi connectivity index (χ4v) is 2.73. The number of anilines is 2. The SMILES string of the molecule is CNC(=O)c1[nH]cnc1C(=O)Nc1ccc(NC(=O)c2ccc(Cl)c(Cl)c2)cc1. The predicted molar refractivity (Wildman–Crippen MR) is 111 cm³/mol. The minimum atomic E-state index is -0.544. The summed E-state index contributed by atoms with van der Waals surface area (Å²) in [5, 5.41) is 8.44. The van der Waals surface area contributed by atoms with Crippen molar-refractivity contribution in [3.05, 3.63) is 75.8 Å². The molecule has 10 heteroatoms. The third kappa shape index (κ3) is 4.74. The summed E-state index contributed by atoms with van der Waals surface area (Å²) in [7, 11) is 1.45. The average molecular weight is 432 g/mol. The van der Waals surface area contributed by atoms with Crippen LogP contribution in [0.3, 0.4) is 0 Å². The normalized spacial score (nSPS) is 10.3. The van der Waals surface area contributed by atoms with E-state index < -0.39 is 11.8 Å². The second kappa shape index (κ2) is 8.76. The van der Waals surface area contributed by atoms with E-state index in [1.54, 1.807) is 36.4 Å². The molecule has 0 aliphatic heterocycles. The van der Waals surface area contributed by atoms with E-state index in [9.17, 15) is 14.4 Å². The molecule has 1 aromatic heterocycles. The number of aromatic amines is 1. The molecule has 3 amide bonds. The predicted octanol–water partition coefficient (Wildman–Crippen LogP) is 3.58. The lowest BCUT2D eigenvalue weighted by Crippen LogP contribution is -2.23. The number of amides is 3. The van der Waals surface area contributed by atoms with E-state index in [1.807, 2.05) is 0 Å². The molecule has 4 N–H and O–H groups in total. The Bertz CT molecular complexity index is 1080. The van der Waals surface area contributed by atoms with Crippen LogP contribution >= 0.6 is 23.2 Å². The van der Waals surface area contributed by atoms with Crippen molar-refractivity contribution in [3.63, 3.8) is 0 Å². The van der Waals surface area contributed by atoms with Crippen molar-refractivity contribution >= 4 is 52.3 Å². The summed E-state index contributed by atoms with van der Waals surface area (Å²) >= 11 is 11.8. The molecular weight excluding hydrogens is 417 g/mol. The van der Waals surface area contributed by atoms with Crippen LogP contribution in [0, 0.1) is 0 Å². The van der Waals surface area contributed by atoms with Gasteiger partial charge in [0.05, 0.1) is 16.4 Å². The molecule has 0 saturated carbocycles. The molecule has 3 rings (SSSR count). The summed E-state index contributed by atoms with van der Waals surface area (Å²) in [4.78, 5) is 42.9. The summed E-state index contributed by atoms with van der Waals surface area (Å²) in [5.74, 6) is -1.35. The number of nitrogens with one attached hydrogen (secondary N) is 4. The third-order valence-corrected chi connectivity index (χ3v) is 4.63. The summed E-state index contributed by atoms with van der Waals surface area (Å²) in [5.41, 5.74) is 1.38.